The third kappa shape index (κ3) is 6.22. The Morgan fingerprint density at radius 3 is 2.25 bits per heavy atom. The van der Waals surface area contributed by atoms with E-state index in [9.17, 15) is 9.59 Å². The van der Waals surface area contributed by atoms with Crippen LogP contribution in [0.1, 0.15) is 17.2 Å². The number of halogens is 1. The first-order valence-electron chi connectivity index (χ1n) is 10.2. The van der Waals surface area contributed by atoms with Gasteiger partial charge in [-0.1, -0.05) is 90.5 Å². The highest BCUT2D eigenvalue weighted by Crippen LogP contribution is 2.26. The van der Waals surface area contributed by atoms with E-state index < -0.39 is 6.04 Å². The fourth-order valence-corrected chi connectivity index (χ4v) is 3.46. The standard InChI is InChI=1S/C26H25ClN2O3/c1-2-17-28-26(31)25(21-13-7-4-8-14-21)29(18-20-11-5-3-6-12-20)24(30)19-32-23-16-10-9-15-22(23)27/h2-16,25H,1,17-19H2,(H,28,31)/t25-/m1/s1. The Labute approximate surface area is 193 Å². The number of hydrogen-bond acceptors (Lipinski definition) is 3. The predicted molar refractivity (Wildman–Crippen MR) is 126 cm³/mol. The molecule has 5 nitrogen and oxygen atoms in total. The van der Waals surface area contributed by atoms with Gasteiger partial charge in [-0.25, -0.2) is 0 Å². The minimum atomic E-state index is -0.835. The maximum Gasteiger partial charge on any atom is 0.261 e. The number of para-hydroxylation sites is 1. The zero-order valence-electron chi connectivity index (χ0n) is 17.6. The van der Waals surface area contributed by atoms with E-state index in [-0.39, 0.29) is 25.0 Å². The van der Waals surface area contributed by atoms with Crippen molar-refractivity contribution < 1.29 is 14.3 Å². The molecule has 1 atom stereocenters. The molecule has 0 aliphatic rings. The molecule has 0 unspecified atom stereocenters. The molecule has 32 heavy (non-hydrogen) atoms. The van der Waals surface area contributed by atoms with Crippen molar-refractivity contribution in [3.8, 4) is 5.75 Å². The van der Waals surface area contributed by atoms with E-state index in [1.807, 2.05) is 60.7 Å². The second-order valence-corrected chi connectivity index (χ2v) is 7.48. The van der Waals surface area contributed by atoms with Crippen molar-refractivity contribution in [2.75, 3.05) is 13.2 Å². The molecule has 164 valence electrons. The first kappa shape index (κ1) is 23.1. The summed E-state index contributed by atoms with van der Waals surface area (Å²) in [5, 5.41) is 3.24. The van der Waals surface area contributed by atoms with Crippen LogP contribution >= 0.6 is 11.6 Å². The number of carbonyl (C=O) groups excluding carboxylic acids is 2. The van der Waals surface area contributed by atoms with Crippen LogP contribution in [-0.4, -0.2) is 29.9 Å². The highest BCUT2D eigenvalue weighted by Gasteiger charge is 2.31. The summed E-state index contributed by atoms with van der Waals surface area (Å²) in [4.78, 5) is 28.1. The monoisotopic (exact) mass is 448 g/mol. The van der Waals surface area contributed by atoms with E-state index in [2.05, 4.69) is 11.9 Å². The van der Waals surface area contributed by atoms with Crippen LogP contribution in [0.2, 0.25) is 5.02 Å². The van der Waals surface area contributed by atoms with Gasteiger partial charge in [0.05, 0.1) is 5.02 Å². The molecular formula is C26H25ClN2O3. The molecule has 3 aromatic rings. The van der Waals surface area contributed by atoms with Gasteiger partial charge in [0.2, 0.25) is 5.91 Å². The quantitative estimate of drug-likeness (QED) is 0.453. The Morgan fingerprint density at radius 2 is 1.59 bits per heavy atom. The summed E-state index contributed by atoms with van der Waals surface area (Å²) < 4.78 is 5.69. The molecule has 1 N–H and O–H groups in total. The van der Waals surface area contributed by atoms with E-state index in [1.54, 1.807) is 30.3 Å². The summed E-state index contributed by atoms with van der Waals surface area (Å²) in [6.45, 7) is 3.94. The summed E-state index contributed by atoms with van der Waals surface area (Å²) in [7, 11) is 0. The third-order valence-electron chi connectivity index (χ3n) is 4.80. The zero-order valence-corrected chi connectivity index (χ0v) is 18.4. The molecule has 0 saturated carbocycles. The van der Waals surface area contributed by atoms with E-state index in [1.165, 1.54) is 4.90 Å². The average Bonchev–Trinajstić information content (AvgIpc) is 2.83. The van der Waals surface area contributed by atoms with E-state index >= 15 is 0 Å². The molecule has 0 fully saturated rings. The number of carbonyl (C=O) groups is 2. The molecule has 0 spiro atoms. The Morgan fingerprint density at radius 1 is 0.969 bits per heavy atom. The van der Waals surface area contributed by atoms with Crippen LogP contribution in [0.4, 0.5) is 0 Å². The molecular weight excluding hydrogens is 424 g/mol. The Balaban J connectivity index is 1.92. The molecule has 0 aromatic heterocycles. The van der Waals surface area contributed by atoms with E-state index in [4.69, 9.17) is 16.3 Å². The molecule has 3 rings (SSSR count). The van der Waals surface area contributed by atoms with Gasteiger partial charge in [0.1, 0.15) is 11.8 Å². The number of ether oxygens (including phenoxy) is 1. The molecule has 3 aromatic carbocycles. The number of amides is 2. The summed E-state index contributed by atoms with van der Waals surface area (Å²) in [6, 6.07) is 24.9. The van der Waals surface area contributed by atoms with Gasteiger partial charge in [0, 0.05) is 13.1 Å². The van der Waals surface area contributed by atoms with Gasteiger partial charge in [0.25, 0.3) is 5.91 Å². The van der Waals surface area contributed by atoms with Crippen molar-refractivity contribution >= 4 is 23.4 Å². The van der Waals surface area contributed by atoms with Crippen LogP contribution in [0.15, 0.2) is 97.6 Å². The first-order chi connectivity index (χ1) is 15.6. The fraction of sp³-hybridized carbons (Fsp3) is 0.154. The van der Waals surface area contributed by atoms with Crippen molar-refractivity contribution in [3.05, 3.63) is 114 Å². The number of hydrogen-bond donors (Lipinski definition) is 1. The minimum absolute atomic E-state index is 0.243. The van der Waals surface area contributed by atoms with Crippen LogP contribution in [0.3, 0.4) is 0 Å². The normalized spacial score (nSPS) is 11.3. The number of nitrogens with one attached hydrogen (secondary N) is 1. The Hall–Kier alpha value is -3.57. The molecule has 2 amide bonds. The van der Waals surface area contributed by atoms with Crippen molar-refractivity contribution in [1.29, 1.82) is 0 Å². The fourth-order valence-electron chi connectivity index (χ4n) is 3.27. The smallest absolute Gasteiger partial charge is 0.261 e. The van der Waals surface area contributed by atoms with E-state index in [0.717, 1.165) is 5.56 Å². The van der Waals surface area contributed by atoms with Gasteiger partial charge in [-0.3, -0.25) is 9.59 Å². The van der Waals surface area contributed by atoms with Crippen LogP contribution in [0, 0.1) is 0 Å². The largest absolute Gasteiger partial charge is 0.482 e. The van der Waals surface area contributed by atoms with Crippen LogP contribution in [-0.2, 0) is 16.1 Å². The first-order valence-corrected chi connectivity index (χ1v) is 10.6. The SMILES string of the molecule is C=CCNC(=O)[C@@H](c1ccccc1)N(Cc1ccccc1)C(=O)COc1ccccc1Cl. The topological polar surface area (TPSA) is 58.6 Å². The lowest BCUT2D eigenvalue weighted by Crippen LogP contribution is -2.45. The second kappa shape index (κ2) is 11.7. The molecule has 0 saturated heterocycles. The van der Waals surface area contributed by atoms with Gasteiger partial charge >= 0.3 is 0 Å². The van der Waals surface area contributed by atoms with Crippen molar-refractivity contribution in [2.45, 2.75) is 12.6 Å². The van der Waals surface area contributed by atoms with Crippen LogP contribution in [0.25, 0.3) is 0 Å². The lowest BCUT2D eigenvalue weighted by atomic mass is 10.0. The Bertz CT molecular complexity index is 1040. The maximum atomic E-state index is 13.4. The average molecular weight is 449 g/mol. The number of benzene rings is 3. The summed E-state index contributed by atoms with van der Waals surface area (Å²) >= 11 is 6.16. The molecule has 0 radical (unpaired) electrons. The molecule has 0 heterocycles. The minimum Gasteiger partial charge on any atom is -0.482 e. The highest BCUT2D eigenvalue weighted by molar-refractivity contribution is 6.32. The second-order valence-electron chi connectivity index (χ2n) is 7.07. The van der Waals surface area contributed by atoms with Gasteiger partial charge < -0.3 is 15.0 Å². The predicted octanol–water partition coefficient (Wildman–Crippen LogP) is 4.79. The summed E-state index contributed by atoms with van der Waals surface area (Å²) in [5.74, 6) is -0.218. The van der Waals surface area contributed by atoms with Crippen LogP contribution < -0.4 is 10.1 Å². The van der Waals surface area contributed by atoms with Gasteiger partial charge in [-0.15, -0.1) is 6.58 Å². The summed E-state index contributed by atoms with van der Waals surface area (Å²) in [5.41, 5.74) is 1.60. The maximum absolute atomic E-state index is 13.4. The lowest BCUT2D eigenvalue weighted by Gasteiger charge is -2.31. The molecule has 0 bridgehead atoms. The third-order valence-corrected chi connectivity index (χ3v) is 5.11. The van der Waals surface area contributed by atoms with Gasteiger partial charge in [-0.2, -0.15) is 0 Å². The van der Waals surface area contributed by atoms with Crippen molar-refractivity contribution in [3.63, 3.8) is 0 Å². The Kier molecular flexibility index (Phi) is 8.46. The number of nitrogens with zero attached hydrogens (tertiary/aromatic N) is 1. The van der Waals surface area contributed by atoms with Crippen molar-refractivity contribution in [1.82, 2.24) is 10.2 Å². The highest BCUT2D eigenvalue weighted by atomic mass is 35.5. The number of rotatable bonds is 10. The lowest BCUT2D eigenvalue weighted by molar-refractivity contribution is -0.143. The van der Waals surface area contributed by atoms with E-state index in [0.29, 0.717) is 22.9 Å². The molecule has 0 aliphatic carbocycles. The molecule has 6 heteroatoms. The zero-order chi connectivity index (χ0) is 22.8. The van der Waals surface area contributed by atoms with Crippen LogP contribution in [0.5, 0.6) is 5.75 Å². The van der Waals surface area contributed by atoms with Crippen molar-refractivity contribution in [2.24, 2.45) is 0 Å². The van der Waals surface area contributed by atoms with Gasteiger partial charge in [-0.05, 0) is 23.3 Å². The molecule has 0 aliphatic heterocycles. The van der Waals surface area contributed by atoms with Gasteiger partial charge in [0.15, 0.2) is 6.61 Å². The summed E-state index contributed by atoms with van der Waals surface area (Å²) in [6.07, 6.45) is 1.60.